The van der Waals surface area contributed by atoms with Crippen LogP contribution in [0.3, 0.4) is 0 Å². The summed E-state index contributed by atoms with van der Waals surface area (Å²) < 4.78 is 22.6. The van der Waals surface area contributed by atoms with Gasteiger partial charge in [-0.05, 0) is 13.3 Å². The Morgan fingerprint density at radius 2 is 2.30 bits per heavy atom. The van der Waals surface area contributed by atoms with Crippen molar-refractivity contribution in [1.29, 1.82) is 0 Å². The molecule has 0 saturated carbocycles. The Morgan fingerprint density at radius 1 is 1.60 bits per heavy atom. The van der Waals surface area contributed by atoms with Gasteiger partial charge in [0.25, 0.3) is 5.56 Å². The molecule has 0 bridgehead atoms. The molecule has 110 valence electrons. The second-order valence-corrected chi connectivity index (χ2v) is 5.32. The van der Waals surface area contributed by atoms with Gasteiger partial charge in [-0.25, -0.2) is 4.79 Å². The number of aromatic amines is 1. The Morgan fingerprint density at radius 3 is 2.90 bits per heavy atom. The fraction of sp³-hybridized carbons (Fsp3) is 0.636. The number of hydrogen-bond acceptors (Lipinski definition) is 5. The van der Waals surface area contributed by atoms with Gasteiger partial charge in [0.15, 0.2) is 0 Å². The standard InChI is InChI=1S/C11H15N2O6P/c1-3-7-8(19-20(16)17)4-9(18-7)13-5-6(2)10(14)12-11(13)15/h5,7-9H,3-4H2,1-2H3,(H-,12,14,15,16,17)/p+1/t7-,8?,9-/m1/s1. The van der Waals surface area contributed by atoms with Gasteiger partial charge in [-0.2, -0.15) is 0 Å². The van der Waals surface area contributed by atoms with Crippen LogP contribution in [0.25, 0.3) is 0 Å². The largest absolute Gasteiger partial charge is 0.695 e. The van der Waals surface area contributed by atoms with E-state index < -0.39 is 31.8 Å². The van der Waals surface area contributed by atoms with Crippen molar-refractivity contribution in [1.82, 2.24) is 9.55 Å². The third-order valence-corrected chi connectivity index (χ3v) is 3.72. The number of hydrogen-bond donors (Lipinski definition) is 2. The van der Waals surface area contributed by atoms with Crippen LogP contribution in [0.5, 0.6) is 0 Å². The van der Waals surface area contributed by atoms with Crippen LogP contribution in [0, 0.1) is 6.92 Å². The van der Waals surface area contributed by atoms with E-state index in [-0.39, 0.29) is 12.5 Å². The molecule has 20 heavy (non-hydrogen) atoms. The minimum absolute atomic E-state index is 0.269. The topological polar surface area (TPSA) is 111 Å². The molecule has 1 aromatic heterocycles. The number of nitrogens with zero attached hydrogens (tertiary/aromatic N) is 1. The third-order valence-electron chi connectivity index (χ3n) is 3.26. The van der Waals surface area contributed by atoms with Crippen molar-refractivity contribution in [2.45, 2.75) is 45.1 Å². The normalized spacial score (nSPS) is 26.8. The van der Waals surface area contributed by atoms with Crippen LogP contribution >= 0.6 is 8.25 Å². The smallest absolute Gasteiger partial charge is 0.352 e. The number of H-pyrrole nitrogens is 1. The molecule has 0 aromatic carbocycles. The van der Waals surface area contributed by atoms with Gasteiger partial charge in [0.2, 0.25) is 0 Å². The van der Waals surface area contributed by atoms with Crippen LogP contribution in [0.1, 0.15) is 31.6 Å². The number of aromatic nitrogens is 2. The van der Waals surface area contributed by atoms with E-state index in [0.29, 0.717) is 12.0 Å². The van der Waals surface area contributed by atoms with Crippen LogP contribution in [-0.4, -0.2) is 26.7 Å². The zero-order chi connectivity index (χ0) is 14.9. The van der Waals surface area contributed by atoms with Crippen LogP contribution in [0.4, 0.5) is 0 Å². The van der Waals surface area contributed by atoms with Crippen LogP contribution in [0.15, 0.2) is 15.8 Å². The van der Waals surface area contributed by atoms with Crippen molar-refractivity contribution in [2.75, 3.05) is 0 Å². The highest BCUT2D eigenvalue weighted by atomic mass is 31.1. The quantitative estimate of drug-likeness (QED) is 0.787. The van der Waals surface area contributed by atoms with Crippen molar-refractivity contribution in [3.05, 3.63) is 32.6 Å². The van der Waals surface area contributed by atoms with Crippen molar-refractivity contribution in [2.24, 2.45) is 0 Å². The molecule has 1 aliphatic rings. The van der Waals surface area contributed by atoms with Crippen molar-refractivity contribution in [3.63, 3.8) is 0 Å². The monoisotopic (exact) mass is 303 g/mol. The van der Waals surface area contributed by atoms with E-state index >= 15 is 0 Å². The lowest BCUT2D eigenvalue weighted by Gasteiger charge is -2.14. The van der Waals surface area contributed by atoms with Gasteiger partial charge in [0.1, 0.15) is 12.3 Å². The van der Waals surface area contributed by atoms with Crippen molar-refractivity contribution < 1.29 is 18.7 Å². The minimum atomic E-state index is -2.73. The summed E-state index contributed by atoms with van der Waals surface area (Å²) in [6.45, 7) is 3.44. The zero-order valence-corrected chi connectivity index (χ0v) is 12.0. The first kappa shape index (κ1) is 15.1. The molecule has 1 fully saturated rings. The number of nitrogens with one attached hydrogen (secondary N) is 1. The molecule has 0 amide bonds. The van der Waals surface area contributed by atoms with Crippen LogP contribution in [0.2, 0.25) is 0 Å². The summed E-state index contributed by atoms with van der Waals surface area (Å²) in [5.41, 5.74) is -0.629. The first-order valence-corrected chi connectivity index (χ1v) is 7.35. The zero-order valence-electron chi connectivity index (χ0n) is 11.1. The molecule has 2 unspecified atom stereocenters. The lowest BCUT2D eigenvalue weighted by atomic mass is 10.1. The first-order valence-electron chi connectivity index (χ1n) is 6.22. The number of aryl methyl sites for hydroxylation is 1. The Labute approximate surface area is 115 Å². The maximum Gasteiger partial charge on any atom is 0.695 e. The van der Waals surface area contributed by atoms with E-state index in [1.54, 1.807) is 6.92 Å². The molecular weight excluding hydrogens is 287 g/mol. The van der Waals surface area contributed by atoms with Crippen molar-refractivity contribution >= 4 is 8.25 Å². The molecule has 0 radical (unpaired) electrons. The second kappa shape index (κ2) is 5.97. The van der Waals surface area contributed by atoms with Crippen LogP contribution < -0.4 is 11.2 Å². The van der Waals surface area contributed by atoms with Gasteiger partial charge in [-0.3, -0.25) is 14.3 Å². The maximum absolute atomic E-state index is 11.8. The van der Waals surface area contributed by atoms with Crippen molar-refractivity contribution in [3.8, 4) is 0 Å². The summed E-state index contributed by atoms with van der Waals surface area (Å²) in [5, 5.41) is 0. The molecule has 2 N–H and O–H groups in total. The summed E-state index contributed by atoms with van der Waals surface area (Å²) in [6, 6.07) is 0. The summed E-state index contributed by atoms with van der Waals surface area (Å²) >= 11 is 0. The van der Waals surface area contributed by atoms with E-state index in [1.165, 1.54) is 10.8 Å². The number of ether oxygens (including phenoxy) is 1. The molecule has 1 aromatic rings. The third kappa shape index (κ3) is 3.04. The van der Waals surface area contributed by atoms with E-state index in [9.17, 15) is 14.2 Å². The molecule has 1 saturated heterocycles. The summed E-state index contributed by atoms with van der Waals surface area (Å²) in [7, 11) is -2.73. The lowest BCUT2D eigenvalue weighted by molar-refractivity contribution is -0.0184. The highest BCUT2D eigenvalue weighted by molar-refractivity contribution is 7.32. The molecule has 9 heteroatoms. The fourth-order valence-corrected chi connectivity index (χ4v) is 2.71. The highest BCUT2D eigenvalue weighted by Crippen LogP contribution is 2.35. The fourth-order valence-electron chi connectivity index (χ4n) is 2.26. The molecule has 0 spiro atoms. The molecule has 8 nitrogen and oxygen atoms in total. The van der Waals surface area contributed by atoms with Gasteiger partial charge in [0, 0.05) is 22.7 Å². The van der Waals surface area contributed by atoms with Crippen LogP contribution in [-0.2, 0) is 13.8 Å². The Bertz CT molecular complexity index is 624. The Hall–Kier alpha value is -1.34. The van der Waals surface area contributed by atoms with E-state index in [2.05, 4.69) is 4.98 Å². The van der Waals surface area contributed by atoms with Gasteiger partial charge in [-0.1, -0.05) is 6.92 Å². The number of rotatable bonds is 4. The van der Waals surface area contributed by atoms with Gasteiger partial charge in [-0.15, -0.1) is 9.42 Å². The highest BCUT2D eigenvalue weighted by Gasteiger charge is 2.41. The maximum atomic E-state index is 11.8. The van der Waals surface area contributed by atoms with E-state index in [4.69, 9.17) is 14.2 Å². The molecular formula is C11H16N2O6P+. The average molecular weight is 303 g/mol. The van der Waals surface area contributed by atoms with Gasteiger partial charge < -0.3 is 4.74 Å². The van der Waals surface area contributed by atoms with E-state index in [0.717, 1.165) is 0 Å². The molecule has 0 aliphatic carbocycles. The second-order valence-electron chi connectivity index (χ2n) is 4.63. The predicted molar refractivity (Wildman–Crippen MR) is 69.6 cm³/mol. The molecule has 4 atom stereocenters. The SMILES string of the molecule is CC[C@H]1O[C@@H](n2cc(C)c(=O)[nH]c2=O)CC1O[P+](=O)O. The predicted octanol–water partition coefficient (Wildman–Crippen LogP) is 0.577. The molecule has 2 heterocycles. The summed E-state index contributed by atoms with van der Waals surface area (Å²) in [6.07, 6.45) is 0.721. The Kier molecular flexibility index (Phi) is 4.49. The lowest BCUT2D eigenvalue weighted by Crippen LogP contribution is -2.33. The summed E-state index contributed by atoms with van der Waals surface area (Å²) in [4.78, 5) is 34.1. The molecule has 2 rings (SSSR count). The Balaban J connectivity index is 2.27. The molecule has 1 aliphatic heterocycles. The van der Waals surface area contributed by atoms with Gasteiger partial charge in [0.05, 0.1) is 6.10 Å². The van der Waals surface area contributed by atoms with E-state index in [1.807, 2.05) is 6.92 Å². The first-order chi connectivity index (χ1) is 9.42. The van der Waals surface area contributed by atoms with Gasteiger partial charge >= 0.3 is 13.9 Å². The summed E-state index contributed by atoms with van der Waals surface area (Å²) in [5.74, 6) is 0. The average Bonchev–Trinajstić information content (AvgIpc) is 2.75. The minimum Gasteiger partial charge on any atom is -0.352 e.